The molecule has 0 aromatic rings. The van der Waals surface area contributed by atoms with Gasteiger partial charge in [-0.15, -0.1) is 5.92 Å². The molecule has 20 heavy (non-hydrogen) atoms. The molecule has 1 atom stereocenters. The Morgan fingerprint density at radius 3 is 2.25 bits per heavy atom. The van der Waals surface area contributed by atoms with Crippen LogP contribution in [-0.4, -0.2) is 14.4 Å². The van der Waals surface area contributed by atoms with Crippen LogP contribution in [0.15, 0.2) is 12.2 Å². The van der Waals surface area contributed by atoms with Crippen molar-refractivity contribution in [3.63, 3.8) is 0 Å². The van der Waals surface area contributed by atoms with Crippen LogP contribution in [0.2, 0.25) is 18.1 Å². The molecule has 0 unspecified atom stereocenters. The van der Waals surface area contributed by atoms with Crippen LogP contribution >= 0.6 is 0 Å². The molecular weight excluding hydrogens is 260 g/mol. The van der Waals surface area contributed by atoms with Crippen LogP contribution in [0.4, 0.5) is 0 Å². The van der Waals surface area contributed by atoms with Crippen LogP contribution in [0, 0.1) is 11.8 Å². The monoisotopic (exact) mass is 294 g/mol. The maximum atomic E-state index is 6.49. The second kappa shape index (κ2) is 9.42. The van der Waals surface area contributed by atoms with Gasteiger partial charge in [0.05, 0.1) is 6.10 Å². The van der Waals surface area contributed by atoms with Gasteiger partial charge in [0.2, 0.25) is 0 Å². The molecule has 0 saturated heterocycles. The van der Waals surface area contributed by atoms with Crippen molar-refractivity contribution in [3.05, 3.63) is 12.2 Å². The van der Waals surface area contributed by atoms with E-state index in [-0.39, 0.29) is 5.04 Å². The topological polar surface area (TPSA) is 9.23 Å². The van der Waals surface area contributed by atoms with Crippen molar-refractivity contribution in [2.45, 2.75) is 91.0 Å². The van der Waals surface area contributed by atoms with E-state index in [1.807, 2.05) is 0 Å². The molecule has 2 heteroatoms. The molecule has 0 aliphatic heterocycles. The Bertz CT molecular complexity index is 339. The van der Waals surface area contributed by atoms with Crippen molar-refractivity contribution in [2.75, 3.05) is 0 Å². The third-order valence-electron chi connectivity index (χ3n) is 3.96. The molecule has 1 nitrogen and oxygen atoms in total. The molecule has 0 aliphatic rings. The van der Waals surface area contributed by atoms with E-state index < -0.39 is 8.32 Å². The largest absolute Gasteiger partial charge is 0.413 e. The second-order valence-electron chi connectivity index (χ2n) is 6.93. The molecule has 0 spiro atoms. The summed E-state index contributed by atoms with van der Waals surface area (Å²) in [7, 11) is -1.67. The summed E-state index contributed by atoms with van der Waals surface area (Å²) in [5, 5.41) is 0.274. The van der Waals surface area contributed by atoms with Crippen molar-refractivity contribution in [2.24, 2.45) is 0 Å². The second-order valence-corrected chi connectivity index (χ2v) is 11.7. The highest BCUT2D eigenvalue weighted by molar-refractivity contribution is 6.74. The highest BCUT2D eigenvalue weighted by atomic mass is 28.4. The molecule has 0 N–H and O–H groups in total. The quantitative estimate of drug-likeness (QED) is 0.321. The Labute approximate surface area is 128 Å². The lowest BCUT2D eigenvalue weighted by Crippen LogP contribution is -2.43. The molecule has 0 aliphatic carbocycles. The van der Waals surface area contributed by atoms with E-state index in [4.69, 9.17) is 4.43 Å². The SMILES string of the molecule is CC/C=C\CC#CC[C@@H](CCC)O[Si](C)(C)C(C)(C)C. The van der Waals surface area contributed by atoms with Gasteiger partial charge >= 0.3 is 0 Å². The zero-order valence-corrected chi connectivity index (χ0v) is 15.7. The average Bonchev–Trinajstić information content (AvgIpc) is 2.32. The van der Waals surface area contributed by atoms with Gasteiger partial charge in [-0.3, -0.25) is 0 Å². The molecule has 0 amide bonds. The summed E-state index contributed by atoms with van der Waals surface area (Å²) in [6.45, 7) is 15.9. The Hall–Kier alpha value is -0.523. The third-order valence-corrected chi connectivity index (χ3v) is 8.49. The van der Waals surface area contributed by atoms with E-state index in [1.165, 1.54) is 0 Å². The van der Waals surface area contributed by atoms with Gasteiger partial charge in [0, 0.05) is 12.8 Å². The average molecular weight is 295 g/mol. The standard InChI is InChI=1S/C18H34OSi/c1-8-10-11-12-13-14-16-17(15-9-2)19-20(6,7)18(3,4)5/h10-11,17H,8-9,12,15-16H2,1-7H3/b11-10-/t17-/m1/s1. The van der Waals surface area contributed by atoms with Gasteiger partial charge in [-0.1, -0.05) is 59.1 Å². The predicted octanol–water partition coefficient (Wildman–Crippen LogP) is 5.93. The first kappa shape index (κ1) is 19.5. The fraction of sp³-hybridized carbons (Fsp3) is 0.778. The molecule has 0 rings (SSSR count). The summed E-state index contributed by atoms with van der Waals surface area (Å²) < 4.78 is 6.49. The van der Waals surface area contributed by atoms with Gasteiger partial charge in [0.1, 0.15) is 0 Å². The Morgan fingerprint density at radius 2 is 1.75 bits per heavy atom. The molecular formula is C18H34OSi. The van der Waals surface area contributed by atoms with E-state index in [0.717, 1.165) is 32.1 Å². The number of hydrogen-bond donors (Lipinski definition) is 0. The van der Waals surface area contributed by atoms with Gasteiger partial charge in [0.25, 0.3) is 0 Å². The molecule has 0 radical (unpaired) electrons. The van der Waals surface area contributed by atoms with Crippen LogP contribution in [0.1, 0.15) is 66.7 Å². The molecule has 0 aromatic heterocycles. The summed E-state index contributed by atoms with van der Waals surface area (Å²) in [4.78, 5) is 0. The van der Waals surface area contributed by atoms with Gasteiger partial charge in [-0.05, 0) is 31.0 Å². The van der Waals surface area contributed by atoms with Crippen molar-refractivity contribution in [3.8, 4) is 11.8 Å². The summed E-state index contributed by atoms with van der Waals surface area (Å²) in [6.07, 6.45) is 9.74. The highest BCUT2D eigenvalue weighted by Crippen LogP contribution is 2.38. The number of allylic oxidation sites excluding steroid dienone is 2. The minimum Gasteiger partial charge on any atom is -0.413 e. The van der Waals surface area contributed by atoms with E-state index in [1.54, 1.807) is 0 Å². The fourth-order valence-corrected chi connectivity index (χ4v) is 3.07. The van der Waals surface area contributed by atoms with Crippen LogP contribution < -0.4 is 0 Å². The van der Waals surface area contributed by atoms with Gasteiger partial charge in [-0.25, -0.2) is 0 Å². The lowest BCUT2D eigenvalue weighted by Gasteiger charge is -2.39. The van der Waals surface area contributed by atoms with Gasteiger partial charge in [0.15, 0.2) is 8.32 Å². The van der Waals surface area contributed by atoms with Gasteiger partial charge < -0.3 is 4.43 Å². The number of rotatable bonds is 7. The third kappa shape index (κ3) is 7.92. The molecule has 0 heterocycles. The first-order chi connectivity index (χ1) is 9.24. The predicted molar refractivity (Wildman–Crippen MR) is 93.4 cm³/mol. The zero-order valence-electron chi connectivity index (χ0n) is 14.7. The lowest BCUT2D eigenvalue weighted by atomic mass is 10.1. The van der Waals surface area contributed by atoms with Crippen LogP contribution in [0.25, 0.3) is 0 Å². The van der Waals surface area contributed by atoms with Gasteiger partial charge in [-0.2, -0.15) is 0 Å². The minimum atomic E-state index is -1.67. The maximum absolute atomic E-state index is 6.49. The van der Waals surface area contributed by atoms with E-state index in [0.29, 0.717) is 6.10 Å². The fourth-order valence-electron chi connectivity index (χ4n) is 1.69. The van der Waals surface area contributed by atoms with Crippen LogP contribution in [0.3, 0.4) is 0 Å². The Morgan fingerprint density at radius 1 is 1.10 bits per heavy atom. The maximum Gasteiger partial charge on any atom is 0.192 e. The molecule has 0 saturated carbocycles. The molecule has 116 valence electrons. The van der Waals surface area contributed by atoms with E-state index in [2.05, 4.69) is 71.7 Å². The Kier molecular flexibility index (Phi) is 9.17. The lowest BCUT2D eigenvalue weighted by molar-refractivity contribution is 0.175. The van der Waals surface area contributed by atoms with Crippen LogP contribution in [0.5, 0.6) is 0 Å². The van der Waals surface area contributed by atoms with Crippen molar-refractivity contribution >= 4 is 8.32 Å². The molecule has 0 fully saturated rings. The van der Waals surface area contributed by atoms with E-state index >= 15 is 0 Å². The normalized spacial score (nSPS) is 14.2. The smallest absolute Gasteiger partial charge is 0.192 e. The summed E-state index contributed by atoms with van der Waals surface area (Å²) >= 11 is 0. The summed E-state index contributed by atoms with van der Waals surface area (Å²) in [5.74, 6) is 6.53. The first-order valence-corrected chi connectivity index (χ1v) is 10.9. The first-order valence-electron chi connectivity index (χ1n) is 8.03. The van der Waals surface area contributed by atoms with Crippen molar-refractivity contribution < 1.29 is 4.43 Å². The van der Waals surface area contributed by atoms with Crippen LogP contribution in [-0.2, 0) is 4.43 Å². The summed E-state index contributed by atoms with van der Waals surface area (Å²) in [5.41, 5.74) is 0. The number of hydrogen-bond acceptors (Lipinski definition) is 1. The summed E-state index contributed by atoms with van der Waals surface area (Å²) in [6, 6.07) is 0. The zero-order chi connectivity index (χ0) is 15.6. The van der Waals surface area contributed by atoms with Crippen molar-refractivity contribution in [1.82, 2.24) is 0 Å². The van der Waals surface area contributed by atoms with Crippen molar-refractivity contribution in [1.29, 1.82) is 0 Å². The minimum absolute atomic E-state index is 0.274. The molecule has 0 bridgehead atoms. The Balaban J connectivity index is 4.47. The van der Waals surface area contributed by atoms with E-state index in [9.17, 15) is 0 Å². The molecule has 0 aromatic carbocycles. The highest BCUT2D eigenvalue weighted by Gasteiger charge is 2.38.